The van der Waals surface area contributed by atoms with Crippen LogP contribution in [0.2, 0.25) is 0 Å². The van der Waals surface area contributed by atoms with Crippen LogP contribution in [0.1, 0.15) is 55.3 Å². The third kappa shape index (κ3) is 4.89. The Morgan fingerprint density at radius 1 is 1.24 bits per heavy atom. The molecule has 0 fully saturated rings. The Hall–Kier alpha value is -3.41. The summed E-state index contributed by atoms with van der Waals surface area (Å²) >= 11 is 1.34. The second-order valence-electron chi connectivity index (χ2n) is 10.2. The van der Waals surface area contributed by atoms with Gasteiger partial charge in [-0.1, -0.05) is 43.4 Å². The average molecular weight is 542 g/mol. The first-order valence-corrected chi connectivity index (χ1v) is 13.3. The second kappa shape index (κ2) is 10.8. The van der Waals surface area contributed by atoms with Gasteiger partial charge in [-0.3, -0.25) is 14.5 Å². The molecule has 1 aliphatic heterocycles. The highest BCUT2D eigenvalue weighted by Gasteiger charge is 2.49. The van der Waals surface area contributed by atoms with Gasteiger partial charge in [0.25, 0.3) is 5.91 Å². The van der Waals surface area contributed by atoms with E-state index < -0.39 is 29.8 Å². The summed E-state index contributed by atoms with van der Waals surface area (Å²) in [6.07, 6.45) is 1.47. The van der Waals surface area contributed by atoms with Crippen LogP contribution in [0.15, 0.2) is 42.7 Å². The minimum Gasteiger partial charge on any atom is -0.496 e. The van der Waals surface area contributed by atoms with Crippen molar-refractivity contribution in [2.75, 3.05) is 25.2 Å². The molecule has 0 spiro atoms. The van der Waals surface area contributed by atoms with Crippen molar-refractivity contribution in [1.29, 1.82) is 0 Å². The molecule has 0 aliphatic carbocycles. The van der Waals surface area contributed by atoms with E-state index in [1.54, 1.807) is 35.2 Å². The molecular weight excluding hydrogens is 506 g/mol. The molecular formula is C27H35N5O5S. The summed E-state index contributed by atoms with van der Waals surface area (Å²) in [4.78, 5) is 29.2. The number of methoxy groups -OCH3 is 1. The van der Waals surface area contributed by atoms with Gasteiger partial charge in [-0.2, -0.15) is 5.10 Å². The van der Waals surface area contributed by atoms with Crippen molar-refractivity contribution >= 4 is 28.2 Å². The number of aliphatic hydroxyl groups excluding tert-OH is 1. The van der Waals surface area contributed by atoms with E-state index in [1.165, 1.54) is 25.2 Å². The summed E-state index contributed by atoms with van der Waals surface area (Å²) in [6.45, 7) is 9.66. The number of aromatic nitrogens is 2. The number of aliphatic hydroxyl groups is 1. The van der Waals surface area contributed by atoms with Crippen molar-refractivity contribution in [3.63, 3.8) is 0 Å². The normalized spacial score (nSPS) is 16.6. The van der Waals surface area contributed by atoms with E-state index in [1.807, 2.05) is 31.2 Å². The highest BCUT2D eigenvalue weighted by atomic mass is 32.1. The fourth-order valence-electron chi connectivity index (χ4n) is 4.52. The smallest absolute Gasteiger partial charge is 0.261 e. The second-order valence-corrected chi connectivity index (χ2v) is 11.2. The molecule has 1 aliphatic rings. The van der Waals surface area contributed by atoms with E-state index in [-0.39, 0.29) is 12.5 Å². The maximum Gasteiger partial charge on any atom is 0.261 e. The Morgan fingerprint density at radius 2 is 1.95 bits per heavy atom. The summed E-state index contributed by atoms with van der Waals surface area (Å²) < 4.78 is 13.7. The van der Waals surface area contributed by atoms with E-state index in [0.717, 1.165) is 15.5 Å². The number of thiophene rings is 1. The highest BCUT2D eigenvalue weighted by Crippen LogP contribution is 2.45. The molecule has 0 radical (unpaired) electrons. The van der Waals surface area contributed by atoms with E-state index in [2.05, 4.69) is 18.9 Å². The zero-order valence-electron chi connectivity index (χ0n) is 22.5. The number of carbonyl (C=O) groups is 2. The number of para-hydroxylation sites is 1. The maximum atomic E-state index is 13.9. The van der Waals surface area contributed by atoms with Crippen molar-refractivity contribution in [2.24, 2.45) is 11.7 Å². The van der Waals surface area contributed by atoms with Gasteiger partial charge in [0, 0.05) is 30.1 Å². The molecule has 3 heterocycles. The van der Waals surface area contributed by atoms with Crippen LogP contribution in [-0.2, 0) is 9.53 Å². The molecule has 2 aromatic heterocycles. The minimum absolute atomic E-state index is 0.179. The summed E-state index contributed by atoms with van der Waals surface area (Å²) in [5.41, 5.74) is 6.13. The van der Waals surface area contributed by atoms with Crippen molar-refractivity contribution in [1.82, 2.24) is 14.7 Å². The number of hydrogen-bond acceptors (Lipinski definition) is 8. The Morgan fingerprint density at radius 3 is 2.55 bits per heavy atom. The predicted octanol–water partition coefficient (Wildman–Crippen LogP) is 3.47. The maximum absolute atomic E-state index is 13.9. The van der Waals surface area contributed by atoms with Gasteiger partial charge in [0.2, 0.25) is 12.3 Å². The van der Waals surface area contributed by atoms with Gasteiger partial charge >= 0.3 is 0 Å². The lowest BCUT2D eigenvalue weighted by Crippen LogP contribution is -2.66. The first kappa shape index (κ1) is 27.6. The molecule has 4 rings (SSSR count). The lowest BCUT2D eigenvalue weighted by molar-refractivity contribution is -0.133. The fourth-order valence-corrected chi connectivity index (χ4v) is 5.79. The van der Waals surface area contributed by atoms with Gasteiger partial charge in [-0.05, 0) is 38.8 Å². The van der Waals surface area contributed by atoms with E-state index in [4.69, 9.17) is 15.2 Å². The summed E-state index contributed by atoms with van der Waals surface area (Å²) in [6, 6.07) is 9.36. The fraction of sp³-hybridized carbons (Fsp3) is 0.444. The monoisotopic (exact) mass is 541 g/mol. The Bertz CT molecular complexity index is 1300. The standard InChI is InChI=1S/C27H35N5O5S/c1-16(2)15-37-20(18-10-7-8-11-19(18)36-6)14-30-24-21(17(3)23(38-24)31-13-9-12-29-31)22(33)32(26(30)35)27(4,5)25(28)34/h7-13,16,20,26,35H,14-15H2,1-6H3,(H2,28,34)/t20-,26?/m0/s1. The molecule has 1 unspecified atom stereocenters. The van der Waals surface area contributed by atoms with E-state index in [9.17, 15) is 14.7 Å². The van der Waals surface area contributed by atoms with Crippen LogP contribution in [0.25, 0.3) is 5.00 Å². The van der Waals surface area contributed by atoms with Crippen molar-refractivity contribution in [3.05, 3.63) is 59.4 Å². The minimum atomic E-state index is -1.47. The summed E-state index contributed by atoms with van der Waals surface area (Å²) in [7, 11) is 1.60. The van der Waals surface area contributed by atoms with Crippen LogP contribution in [0.5, 0.6) is 5.75 Å². The summed E-state index contributed by atoms with van der Waals surface area (Å²) in [5.74, 6) is -0.295. The van der Waals surface area contributed by atoms with Crippen LogP contribution in [0, 0.1) is 12.8 Å². The molecule has 11 heteroatoms. The molecule has 2 atom stereocenters. The van der Waals surface area contributed by atoms with Gasteiger partial charge < -0.3 is 25.2 Å². The molecule has 0 saturated carbocycles. The number of benzene rings is 1. The number of anilines is 1. The largest absolute Gasteiger partial charge is 0.496 e. The van der Waals surface area contributed by atoms with Crippen LogP contribution in [0.4, 0.5) is 5.00 Å². The van der Waals surface area contributed by atoms with Gasteiger partial charge in [0.1, 0.15) is 27.4 Å². The van der Waals surface area contributed by atoms with E-state index in [0.29, 0.717) is 28.5 Å². The van der Waals surface area contributed by atoms with Crippen molar-refractivity contribution in [3.8, 4) is 10.8 Å². The van der Waals surface area contributed by atoms with Crippen LogP contribution in [-0.4, -0.2) is 63.8 Å². The number of fused-ring (bicyclic) bond motifs is 1. The molecule has 0 saturated heterocycles. The number of rotatable bonds is 10. The molecule has 38 heavy (non-hydrogen) atoms. The van der Waals surface area contributed by atoms with Crippen molar-refractivity contribution < 1.29 is 24.2 Å². The van der Waals surface area contributed by atoms with Crippen molar-refractivity contribution in [2.45, 2.75) is 52.6 Å². The Kier molecular flexibility index (Phi) is 7.82. The third-order valence-electron chi connectivity index (χ3n) is 6.70. The highest BCUT2D eigenvalue weighted by molar-refractivity contribution is 7.19. The lowest BCUT2D eigenvalue weighted by Gasteiger charge is -2.47. The number of ether oxygens (including phenoxy) is 2. The molecule has 1 aromatic carbocycles. The molecule has 204 valence electrons. The van der Waals surface area contributed by atoms with Crippen LogP contribution in [0.3, 0.4) is 0 Å². The number of carbonyl (C=O) groups excluding carboxylic acids is 2. The molecule has 0 bridgehead atoms. The summed E-state index contributed by atoms with van der Waals surface area (Å²) in [5, 5.41) is 17.3. The number of primary amides is 1. The van der Waals surface area contributed by atoms with Gasteiger partial charge in [-0.25, -0.2) is 4.68 Å². The zero-order valence-corrected chi connectivity index (χ0v) is 23.4. The molecule has 3 aromatic rings. The molecule has 3 N–H and O–H groups in total. The zero-order chi connectivity index (χ0) is 27.8. The first-order chi connectivity index (χ1) is 18.0. The predicted molar refractivity (Wildman–Crippen MR) is 145 cm³/mol. The van der Waals surface area contributed by atoms with E-state index >= 15 is 0 Å². The third-order valence-corrected chi connectivity index (χ3v) is 8.02. The number of hydrogen-bond donors (Lipinski definition) is 2. The number of nitrogens with two attached hydrogens (primary N) is 1. The first-order valence-electron chi connectivity index (χ1n) is 12.4. The van der Waals surface area contributed by atoms with Gasteiger partial charge in [-0.15, -0.1) is 0 Å². The van der Waals surface area contributed by atoms with Gasteiger partial charge in [0.05, 0.1) is 19.2 Å². The lowest BCUT2D eigenvalue weighted by atomic mass is 9.98. The van der Waals surface area contributed by atoms with Crippen LogP contribution >= 0.6 is 11.3 Å². The van der Waals surface area contributed by atoms with Crippen LogP contribution < -0.4 is 15.4 Å². The number of amides is 2. The Balaban J connectivity index is 1.87. The SMILES string of the molecule is COc1ccccc1[C@H](CN1c2sc(-n3cccn3)c(C)c2C(=O)N(C(C)(C)C(N)=O)C1O)OCC(C)C. The van der Waals surface area contributed by atoms with Gasteiger partial charge in [0.15, 0.2) is 0 Å². The number of nitrogens with zero attached hydrogens (tertiary/aromatic N) is 4. The average Bonchev–Trinajstić information content (AvgIpc) is 3.51. The topological polar surface area (TPSA) is 123 Å². The molecule has 2 amide bonds. The molecule has 10 nitrogen and oxygen atoms in total. The quantitative estimate of drug-likeness (QED) is 0.403. The Labute approximate surface area is 226 Å².